The summed E-state index contributed by atoms with van der Waals surface area (Å²) in [5, 5.41) is 0. The van der Waals surface area contributed by atoms with Gasteiger partial charge in [-0.3, -0.25) is 15.0 Å². The summed E-state index contributed by atoms with van der Waals surface area (Å²) in [5.74, 6) is 0. The zero-order valence-corrected chi connectivity index (χ0v) is 45.3. The number of nitrogens with zero attached hydrogens (tertiary/aromatic N) is 6. The third-order valence-electron chi connectivity index (χ3n) is 12.0. The van der Waals surface area contributed by atoms with E-state index >= 15 is 0 Å². The molecule has 6 aromatic carbocycles. The first-order chi connectivity index (χ1) is 35.3. The van der Waals surface area contributed by atoms with Gasteiger partial charge in [0.1, 0.15) is 0 Å². The predicted molar refractivity (Wildman–Crippen MR) is 305 cm³/mol. The minimum atomic E-state index is 0. The van der Waals surface area contributed by atoms with Gasteiger partial charge in [-0.15, -0.1) is 77.5 Å². The Morgan fingerprint density at radius 3 is 1.27 bits per heavy atom. The van der Waals surface area contributed by atoms with Crippen molar-refractivity contribution < 1.29 is 20.1 Å². The molecule has 366 valence electrons. The van der Waals surface area contributed by atoms with Gasteiger partial charge in [-0.1, -0.05) is 166 Å². The van der Waals surface area contributed by atoms with Crippen LogP contribution in [-0.4, -0.2) is 44.7 Å². The Kier molecular flexibility index (Phi) is 21.2. The van der Waals surface area contributed by atoms with Crippen LogP contribution in [-0.2, 0) is 20.1 Å². The molecule has 0 spiro atoms. The fourth-order valence-corrected chi connectivity index (χ4v) is 8.44. The summed E-state index contributed by atoms with van der Waals surface area (Å²) in [7, 11) is 0. The summed E-state index contributed by atoms with van der Waals surface area (Å²) in [4.78, 5) is 27.8. The van der Waals surface area contributed by atoms with Gasteiger partial charge in [-0.05, 0) is 85.0 Å². The van der Waals surface area contributed by atoms with Crippen LogP contribution in [0.3, 0.4) is 0 Å². The Hall–Kier alpha value is -7.70. The Balaban J connectivity index is 0.000000178. The van der Waals surface area contributed by atoms with Gasteiger partial charge < -0.3 is 15.0 Å². The number of aliphatic imine (C=N–C) groups is 3. The molecule has 0 saturated heterocycles. The van der Waals surface area contributed by atoms with Crippen LogP contribution in [0.1, 0.15) is 78.0 Å². The summed E-state index contributed by atoms with van der Waals surface area (Å²) in [6.45, 7) is 17.1. The topological polar surface area (TPSA) is 75.8 Å². The van der Waals surface area contributed by atoms with Gasteiger partial charge in [0.25, 0.3) is 0 Å². The Morgan fingerprint density at radius 1 is 0.493 bits per heavy atom. The standard InChI is InChI=1S/C24H25N2.2C21H19N2.Ir/c1-4-11-18(2)26-19(3)23-17-25-24(21-14-9-6-10-15-21)16-22(23)20-12-7-5-8-13-20;2*1-3-22-16(2)20-15-23-21(18-12-8-5-9-13-18)14-19(20)17-10-6-4-7-11-17;/h5-10,12-14,16-18H,4,11H2,1-3H3;4-12,14-15H,3H2,1-2H3;3-15H,1-2H3;/q3*-1;+3. The van der Waals surface area contributed by atoms with Gasteiger partial charge in [0.15, 0.2) is 0 Å². The largest absolute Gasteiger partial charge is 3.00 e. The Morgan fingerprint density at radius 2 is 0.877 bits per heavy atom. The van der Waals surface area contributed by atoms with Gasteiger partial charge in [0, 0.05) is 59.3 Å². The minimum Gasteiger partial charge on any atom is -0.450 e. The Bertz CT molecular complexity index is 3030. The molecule has 0 amide bonds. The first-order valence-electron chi connectivity index (χ1n) is 24.8. The van der Waals surface area contributed by atoms with Crippen molar-refractivity contribution in [3.63, 3.8) is 0 Å². The SMILES string of the molecule is CCCC(C)N=C(C)c1cnc(-c2[c-]cccc2)cc1-c1ccccc1.CCN=C(C)c1cnc(-c2[c-]cccc2)cc1-c1ccccc1.C[CH-]N=C(C)c1cnc(-c2ccccc2)cc1-c1ccccc1.[Ir+3]. The van der Waals surface area contributed by atoms with E-state index in [4.69, 9.17) is 9.98 Å². The molecule has 0 radical (unpaired) electrons. The third-order valence-corrected chi connectivity index (χ3v) is 12.0. The molecule has 0 aliphatic carbocycles. The average Bonchev–Trinajstić information content (AvgIpc) is 3.44. The van der Waals surface area contributed by atoms with Crippen molar-refractivity contribution in [1.29, 1.82) is 0 Å². The van der Waals surface area contributed by atoms with E-state index in [0.717, 1.165) is 104 Å². The molecular weight excluding hydrogens is 1070 g/mol. The molecule has 0 fully saturated rings. The van der Waals surface area contributed by atoms with E-state index in [-0.39, 0.29) is 20.1 Å². The van der Waals surface area contributed by atoms with E-state index in [0.29, 0.717) is 6.04 Å². The van der Waals surface area contributed by atoms with Crippen LogP contribution in [0.4, 0.5) is 0 Å². The van der Waals surface area contributed by atoms with Crippen molar-refractivity contribution in [3.05, 3.63) is 242 Å². The summed E-state index contributed by atoms with van der Waals surface area (Å²) in [5.41, 5.74) is 19.2. The summed E-state index contributed by atoms with van der Waals surface area (Å²) < 4.78 is 0. The summed E-state index contributed by atoms with van der Waals surface area (Å²) in [6.07, 6.45) is 8.04. The fraction of sp³-hybridized carbons (Fsp3) is 0.167. The smallest absolute Gasteiger partial charge is 0.450 e. The zero-order valence-electron chi connectivity index (χ0n) is 42.9. The zero-order chi connectivity index (χ0) is 50.5. The average molecular weight is 1130 g/mol. The van der Waals surface area contributed by atoms with E-state index in [1.807, 2.05) is 138 Å². The molecule has 9 rings (SSSR count). The number of rotatable bonds is 14. The molecule has 3 heterocycles. The van der Waals surface area contributed by atoms with Gasteiger partial charge >= 0.3 is 20.1 Å². The maximum Gasteiger partial charge on any atom is 3.00 e. The normalized spacial score (nSPS) is 11.7. The van der Waals surface area contributed by atoms with E-state index < -0.39 is 0 Å². The maximum absolute atomic E-state index is 4.89. The number of pyridine rings is 3. The van der Waals surface area contributed by atoms with Crippen LogP contribution in [0.25, 0.3) is 67.2 Å². The summed E-state index contributed by atoms with van der Waals surface area (Å²) in [6, 6.07) is 70.6. The molecule has 0 saturated carbocycles. The predicted octanol–water partition coefficient (Wildman–Crippen LogP) is 16.7. The van der Waals surface area contributed by atoms with Crippen molar-refractivity contribution in [2.24, 2.45) is 15.0 Å². The molecule has 0 aliphatic heterocycles. The Labute approximate surface area is 447 Å². The molecule has 73 heavy (non-hydrogen) atoms. The second-order valence-electron chi connectivity index (χ2n) is 17.2. The fourth-order valence-electron chi connectivity index (χ4n) is 8.44. The number of benzene rings is 6. The molecule has 0 bridgehead atoms. The van der Waals surface area contributed by atoms with Crippen molar-refractivity contribution in [2.75, 3.05) is 6.54 Å². The van der Waals surface area contributed by atoms with E-state index in [9.17, 15) is 0 Å². The molecule has 3 aromatic heterocycles. The van der Waals surface area contributed by atoms with Gasteiger partial charge in [0.05, 0.1) is 5.69 Å². The number of hydrogen-bond acceptors (Lipinski definition) is 6. The quantitative estimate of drug-likeness (QED) is 0.0804. The molecule has 9 aromatic rings. The molecule has 0 aliphatic rings. The summed E-state index contributed by atoms with van der Waals surface area (Å²) >= 11 is 0. The third kappa shape index (κ3) is 15.2. The maximum atomic E-state index is 4.89. The first-order valence-corrected chi connectivity index (χ1v) is 24.8. The van der Waals surface area contributed by atoms with Crippen molar-refractivity contribution in [3.8, 4) is 67.2 Å². The van der Waals surface area contributed by atoms with Crippen molar-refractivity contribution in [1.82, 2.24) is 15.0 Å². The van der Waals surface area contributed by atoms with Crippen LogP contribution in [0, 0.1) is 18.7 Å². The van der Waals surface area contributed by atoms with Gasteiger partial charge in [-0.2, -0.15) is 6.54 Å². The van der Waals surface area contributed by atoms with Crippen molar-refractivity contribution >= 4 is 17.1 Å². The van der Waals surface area contributed by atoms with Crippen LogP contribution in [0.15, 0.2) is 222 Å². The monoisotopic (exact) mass is 1130 g/mol. The van der Waals surface area contributed by atoms with E-state index in [1.165, 1.54) is 16.7 Å². The van der Waals surface area contributed by atoms with Crippen LogP contribution < -0.4 is 0 Å². The molecule has 1 unspecified atom stereocenters. The molecule has 1 atom stereocenters. The van der Waals surface area contributed by atoms with Crippen LogP contribution >= 0.6 is 0 Å². The second-order valence-corrected chi connectivity index (χ2v) is 17.2. The van der Waals surface area contributed by atoms with Gasteiger partial charge in [-0.25, -0.2) is 0 Å². The number of aromatic nitrogens is 3. The molecular formula is C66H63IrN6. The number of hydrogen-bond donors (Lipinski definition) is 0. The van der Waals surface area contributed by atoms with Crippen LogP contribution in [0.2, 0.25) is 0 Å². The first kappa shape index (κ1) is 54.6. The van der Waals surface area contributed by atoms with E-state index in [1.54, 1.807) is 0 Å². The minimum absolute atomic E-state index is 0. The van der Waals surface area contributed by atoms with Crippen molar-refractivity contribution in [2.45, 2.75) is 67.3 Å². The molecule has 6 nitrogen and oxygen atoms in total. The van der Waals surface area contributed by atoms with Gasteiger partial charge in [0.2, 0.25) is 0 Å². The van der Waals surface area contributed by atoms with E-state index in [2.05, 4.69) is 156 Å². The molecule has 7 heteroatoms. The second kappa shape index (κ2) is 28.4. The van der Waals surface area contributed by atoms with Crippen LogP contribution in [0.5, 0.6) is 0 Å². The molecule has 0 N–H and O–H groups in total.